The highest BCUT2D eigenvalue weighted by molar-refractivity contribution is 6.76. The number of pyridine rings is 2. The largest absolute Gasteiger partial charge is 0.501 e. The highest BCUT2D eigenvalue weighted by Gasteiger charge is 2.33. The molecule has 2 saturated heterocycles. The first-order valence-electron chi connectivity index (χ1n) is 30.6. The zero-order valence-electron chi connectivity index (χ0n) is 52.0. The van der Waals surface area contributed by atoms with Crippen molar-refractivity contribution in [2.75, 3.05) is 64.4 Å². The summed E-state index contributed by atoms with van der Waals surface area (Å²) in [7, 11) is -2.65. The van der Waals surface area contributed by atoms with E-state index in [1.807, 2.05) is 121 Å². The first kappa shape index (κ1) is 63.9. The van der Waals surface area contributed by atoms with Crippen molar-refractivity contribution in [1.82, 2.24) is 54.4 Å². The molecule has 11 rings (SSSR count). The molecule has 0 spiro atoms. The van der Waals surface area contributed by atoms with Gasteiger partial charge in [-0.15, -0.1) is 0 Å². The second-order valence-electron chi connectivity index (χ2n) is 25.9. The van der Waals surface area contributed by atoms with Gasteiger partial charge in [0.15, 0.2) is 11.3 Å². The summed E-state index contributed by atoms with van der Waals surface area (Å²) in [5.41, 5.74) is 12.9. The number of piperidine rings is 2. The average Bonchev–Trinajstić information content (AvgIpc) is 2.12. The number of likely N-dealkylation sites (tertiary alicyclic amines) is 1. The van der Waals surface area contributed by atoms with Gasteiger partial charge in [0.05, 0.1) is 48.0 Å². The molecule has 0 unspecified atom stereocenters. The molecule has 2 fully saturated rings. The molecule has 2 aromatic carbocycles. The molecule has 19 heteroatoms. The fourth-order valence-electron chi connectivity index (χ4n) is 10.9. The van der Waals surface area contributed by atoms with Gasteiger partial charge in [0, 0.05) is 117 Å². The molecule has 0 atom stereocenters. The van der Waals surface area contributed by atoms with E-state index in [1.54, 1.807) is 6.26 Å². The number of aromatic nitrogens is 9. The Morgan fingerprint density at radius 2 is 1.20 bits per heavy atom. The van der Waals surface area contributed by atoms with E-state index in [2.05, 4.69) is 108 Å². The van der Waals surface area contributed by atoms with Crippen molar-refractivity contribution in [1.29, 1.82) is 0 Å². The van der Waals surface area contributed by atoms with Gasteiger partial charge in [-0.2, -0.15) is 19.2 Å². The Labute approximate surface area is 516 Å². The molecule has 0 radical (unpaired) electrons. The van der Waals surface area contributed by atoms with Crippen LogP contribution in [0.3, 0.4) is 0 Å². The van der Waals surface area contributed by atoms with Crippen molar-refractivity contribution in [3.8, 4) is 44.8 Å². The summed E-state index contributed by atoms with van der Waals surface area (Å²) < 4.78 is 28.3. The van der Waals surface area contributed by atoms with Crippen LogP contribution in [0.4, 0.5) is 10.6 Å². The number of anilines is 1. The Hall–Kier alpha value is -7.56. The monoisotopic (exact) mass is 1210 g/mol. The maximum atomic E-state index is 13.1. The lowest BCUT2D eigenvalue weighted by atomic mass is 9.90. The number of ether oxygens (including phenoxy) is 4. The van der Waals surface area contributed by atoms with Gasteiger partial charge in [-0.3, -0.25) is 9.97 Å². The first-order valence-corrected chi connectivity index (χ1v) is 38.0. The summed E-state index contributed by atoms with van der Waals surface area (Å²) in [5.74, 6) is 1.36. The molecular formula is C68H90N12O5Si2. The number of hydrogen-bond donors (Lipinski definition) is 2. The van der Waals surface area contributed by atoms with Crippen LogP contribution in [0, 0.1) is 0 Å². The third kappa shape index (κ3) is 16.2. The van der Waals surface area contributed by atoms with Gasteiger partial charge in [-0.1, -0.05) is 120 Å². The van der Waals surface area contributed by atoms with E-state index in [0.717, 1.165) is 130 Å². The van der Waals surface area contributed by atoms with Crippen LogP contribution in [0.1, 0.15) is 89.6 Å². The minimum atomic E-state index is -1.32. The van der Waals surface area contributed by atoms with Gasteiger partial charge < -0.3 is 39.0 Å². The third-order valence-electron chi connectivity index (χ3n) is 15.7. The SMILES string of the molecule is C.CCO/C=C\c1c(C2CCN(C(=O)OC(C)(C)C)CC2)nc2c(-c3ccc(-c4ccccc4)nc3)cnn2c1N(COCC[Si](C)(C)C)COCC[Si](C)(C)C.c1ccc(-c2ccc(-c3cnn4c3nc(C3CCNCC3)c3cc[nH]c34)cn2)cc1. The van der Waals surface area contributed by atoms with E-state index in [-0.39, 0.29) is 19.4 Å². The molecule has 0 saturated carbocycles. The van der Waals surface area contributed by atoms with Crippen LogP contribution < -0.4 is 10.2 Å². The third-order valence-corrected chi connectivity index (χ3v) is 19.1. The minimum absolute atomic E-state index is 0. The Morgan fingerprint density at radius 1 is 0.667 bits per heavy atom. The highest BCUT2D eigenvalue weighted by Crippen LogP contribution is 2.39. The molecule has 7 aromatic heterocycles. The summed E-state index contributed by atoms with van der Waals surface area (Å²) in [6, 6.07) is 33.0. The molecule has 9 aromatic rings. The van der Waals surface area contributed by atoms with Crippen molar-refractivity contribution in [3.63, 3.8) is 0 Å². The molecule has 0 aliphatic carbocycles. The predicted molar refractivity (Wildman–Crippen MR) is 358 cm³/mol. The molecule has 17 nitrogen and oxygen atoms in total. The van der Waals surface area contributed by atoms with Crippen molar-refractivity contribution in [3.05, 3.63) is 145 Å². The van der Waals surface area contributed by atoms with Gasteiger partial charge in [-0.25, -0.2) is 14.8 Å². The summed E-state index contributed by atoms with van der Waals surface area (Å²) in [6.07, 6.45) is 16.7. The average molecular weight is 1210 g/mol. The Kier molecular flexibility index (Phi) is 21.0. The molecule has 9 heterocycles. The number of rotatable bonds is 20. The van der Waals surface area contributed by atoms with Crippen LogP contribution in [0.25, 0.3) is 73.2 Å². The number of carbonyl (C=O) groups excluding carboxylic acids is 1. The zero-order valence-corrected chi connectivity index (χ0v) is 54.0. The second kappa shape index (κ2) is 28.5. The van der Waals surface area contributed by atoms with Crippen LogP contribution in [-0.4, -0.2) is 136 Å². The summed E-state index contributed by atoms with van der Waals surface area (Å²) in [6.45, 7) is 27.6. The normalized spacial score (nSPS) is 14.6. The van der Waals surface area contributed by atoms with Gasteiger partial charge in [0.25, 0.3) is 0 Å². The number of aromatic amines is 1. The lowest BCUT2D eigenvalue weighted by molar-refractivity contribution is 0.0204. The first-order chi connectivity index (χ1) is 41.4. The van der Waals surface area contributed by atoms with Crippen LogP contribution in [0.5, 0.6) is 0 Å². The zero-order chi connectivity index (χ0) is 60.4. The second-order valence-corrected chi connectivity index (χ2v) is 37.2. The van der Waals surface area contributed by atoms with E-state index in [4.69, 9.17) is 44.0 Å². The van der Waals surface area contributed by atoms with Crippen molar-refractivity contribution < 1.29 is 23.7 Å². The standard InChI is InChI=1S/C43H64N6O5Si2.C24H22N6.CH4/c1-11-51-24-21-36-39(34-19-22-47(23-20-34)42(50)54-43(2,3)4)46-40-37(35-17-18-38(44-29-35)33-15-13-12-14-16-33)30-45-49(40)41(36)48(31-52-25-27-55(5,6)7)32-53-26-28-56(8,9)10;1-2-4-16(5-3-1)21-7-6-18(14-27-21)20-15-28-30-23-19(10-13-26-23)22(29-24(20)30)17-8-11-25-12-9-17;/h12-18,21,24,29-30,34H,11,19-20,22-23,25-28,31-32H2,1-10H3;1-7,10,13-15,17,25-26H,8-9,11-12H2;1H4/b24-21-;;. The van der Waals surface area contributed by atoms with Gasteiger partial charge in [0.1, 0.15) is 30.5 Å². The number of amides is 1. The number of benzene rings is 2. The summed E-state index contributed by atoms with van der Waals surface area (Å²) >= 11 is 0. The van der Waals surface area contributed by atoms with Crippen molar-refractivity contribution in [2.24, 2.45) is 0 Å². The summed E-state index contributed by atoms with van der Waals surface area (Å²) in [5, 5.41) is 14.3. The lowest BCUT2D eigenvalue weighted by Crippen LogP contribution is -2.41. The number of carbonyl (C=O) groups is 1. The fraction of sp³-hybridized carbons (Fsp3) is 0.426. The minimum Gasteiger partial charge on any atom is -0.501 e. The lowest BCUT2D eigenvalue weighted by Gasteiger charge is -2.34. The Bertz CT molecular complexity index is 3660. The number of nitrogens with one attached hydrogen (secondary N) is 2. The van der Waals surface area contributed by atoms with E-state index >= 15 is 0 Å². The van der Waals surface area contributed by atoms with Crippen LogP contribution in [0.2, 0.25) is 51.4 Å². The molecule has 2 N–H and O–H groups in total. The van der Waals surface area contributed by atoms with Crippen LogP contribution in [-0.2, 0) is 18.9 Å². The Balaban J connectivity index is 0.000000242. The molecule has 0 bridgehead atoms. The molecule has 460 valence electrons. The quantitative estimate of drug-likeness (QED) is 0.0320. The van der Waals surface area contributed by atoms with E-state index in [1.165, 1.54) is 11.1 Å². The van der Waals surface area contributed by atoms with Gasteiger partial charge in [-0.05, 0) is 103 Å². The van der Waals surface area contributed by atoms with Gasteiger partial charge in [0.2, 0.25) is 0 Å². The highest BCUT2D eigenvalue weighted by atomic mass is 28.3. The maximum absolute atomic E-state index is 13.1. The number of fused-ring (bicyclic) bond motifs is 4. The van der Waals surface area contributed by atoms with Crippen LogP contribution >= 0.6 is 0 Å². The maximum Gasteiger partial charge on any atom is 0.410 e. The number of hydrogen-bond acceptors (Lipinski definition) is 13. The Morgan fingerprint density at radius 3 is 1.71 bits per heavy atom. The van der Waals surface area contributed by atoms with E-state index in [0.29, 0.717) is 52.3 Å². The van der Waals surface area contributed by atoms with Crippen LogP contribution in [0.15, 0.2) is 128 Å². The van der Waals surface area contributed by atoms with E-state index < -0.39 is 21.7 Å². The molecular weight excluding hydrogens is 1120 g/mol. The molecule has 1 amide bonds. The predicted octanol–water partition coefficient (Wildman–Crippen LogP) is 15.1. The van der Waals surface area contributed by atoms with Crippen molar-refractivity contribution in [2.45, 2.75) is 130 Å². The summed E-state index contributed by atoms with van der Waals surface area (Å²) in [4.78, 5) is 40.6. The molecule has 87 heavy (non-hydrogen) atoms. The van der Waals surface area contributed by atoms with E-state index in [9.17, 15) is 4.79 Å². The molecule has 2 aliphatic heterocycles. The smallest absolute Gasteiger partial charge is 0.410 e. The van der Waals surface area contributed by atoms with Crippen molar-refractivity contribution >= 4 is 56.5 Å². The number of H-pyrrole nitrogens is 1. The fourth-order valence-corrected chi connectivity index (χ4v) is 12.4. The molecule has 2 aliphatic rings. The topological polar surface area (TPSA) is 174 Å². The number of nitrogens with zero attached hydrogens (tertiary/aromatic N) is 10. The van der Waals surface area contributed by atoms with Gasteiger partial charge >= 0.3 is 6.09 Å².